The fraction of sp³-hybridized carbons (Fsp3) is 0.300. The Hall–Kier alpha value is -2.49. The summed E-state index contributed by atoms with van der Waals surface area (Å²) >= 11 is 0. The molecule has 6 heteroatoms. The van der Waals surface area contributed by atoms with E-state index in [-0.39, 0.29) is 22.5 Å². The molecule has 1 saturated heterocycles. The van der Waals surface area contributed by atoms with E-state index in [1.165, 1.54) is 6.07 Å². The molecule has 2 aliphatic rings. The standard InChI is InChI=1S/C20H19NO4S/c1-2-10-24-14-4-3-5-15(11-14)26(22,23)16-6-7-17-18-8-9-21-13-20(18)25-19(17)12-16/h1,3-7,11-12,18,20-21H,8-10,13H2. The fourth-order valence-electron chi connectivity index (χ4n) is 3.56. The van der Waals surface area contributed by atoms with E-state index in [0.29, 0.717) is 17.4 Å². The van der Waals surface area contributed by atoms with Crippen LogP contribution in [0.3, 0.4) is 0 Å². The van der Waals surface area contributed by atoms with Gasteiger partial charge in [0.25, 0.3) is 0 Å². The van der Waals surface area contributed by atoms with E-state index in [2.05, 4.69) is 11.2 Å². The third kappa shape index (κ3) is 2.94. The van der Waals surface area contributed by atoms with E-state index in [1.54, 1.807) is 30.3 Å². The second kappa shape index (κ2) is 6.67. The van der Waals surface area contributed by atoms with Gasteiger partial charge in [0, 0.05) is 18.0 Å². The van der Waals surface area contributed by atoms with Gasteiger partial charge < -0.3 is 14.8 Å². The van der Waals surface area contributed by atoms with Crippen LogP contribution >= 0.6 is 0 Å². The SMILES string of the molecule is C#CCOc1cccc(S(=O)(=O)c2ccc3c(c2)OC2CNCCC32)c1. The number of sulfone groups is 1. The molecular formula is C20H19NO4S. The molecule has 2 aliphatic heterocycles. The summed E-state index contributed by atoms with van der Waals surface area (Å²) in [6, 6.07) is 11.6. The highest BCUT2D eigenvalue weighted by Gasteiger charge is 2.36. The fourth-order valence-corrected chi connectivity index (χ4v) is 4.87. The van der Waals surface area contributed by atoms with Crippen molar-refractivity contribution >= 4 is 9.84 Å². The number of piperidine rings is 1. The summed E-state index contributed by atoms with van der Waals surface area (Å²) in [4.78, 5) is 0.390. The van der Waals surface area contributed by atoms with Gasteiger partial charge in [0.2, 0.25) is 9.84 Å². The second-order valence-corrected chi connectivity index (χ2v) is 8.38. The summed E-state index contributed by atoms with van der Waals surface area (Å²) in [6.45, 7) is 1.83. The Balaban J connectivity index is 1.67. The van der Waals surface area contributed by atoms with Crippen molar-refractivity contribution in [1.29, 1.82) is 0 Å². The van der Waals surface area contributed by atoms with Crippen molar-refractivity contribution in [3.05, 3.63) is 48.0 Å². The molecule has 0 aliphatic carbocycles. The zero-order valence-electron chi connectivity index (χ0n) is 14.1. The van der Waals surface area contributed by atoms with Gasteiger partial charge in [0.15, 0.2) is 0 Å². The summed E-state index contributed by atoms with van der Waals surface area (Å²) in [5.41, 5.74) is 1.10. The second-order valence-electron chi connectivity index (χ2n) is 6.43. The largest absolute Gasteiger partial charge is 0.488 e. The molecule has 134 valence electrons. The van der Waals surface area contributed by atoms with E-state index >= 15 is 0 Å². The average Bonchev–Trinajstić information content (AvgIpc) is 3.04. The number of fused-ring (bicyclic) bond motifs is 3. The number of benzene rings is 2. The van der Waals surface area contributed by atoms with Gasteiger partial charge in [-0.1, -0.05) is 18.1 Å². The Kier molecular flexibility index (Phi) is 4.35. The molecule has 2 unspecified atom stereocenters. The minimum Gasteiger partial charge on any atom is -0.488 e. The summed E-state index contributed by atoms with van der Waals surface area (Å²) in [5, 5.41) is 3.31. The van der Waals surface area contributed by atoms with Gasteiger partial charge in [-0.05, 0) is 43.3 Å². The van der Waals surface area contributed by atoms with Crippen LogP contribution in [-0.2, 0) is 9.84 Å². The Morgan fingerprint density at radius 1 is 1.23 bits per heavy atom. The van der Waals surface area contributed by atoms with Crippen molar-refractivity contribution in [2.45, 2.75) is 28.2 Å². The smallest absolute Gasteiger partial charge is 0.206 e. The molecule has 0 amide bonds. The monoisotopic (exact) mass is 369 g/mol. The quantitative estimate of drug-likeness (QED) is 0.839. The van der Waals surface area contributed by atoms with Crippen LogP contribution in [0.15, 0.2) is 52.3 Å². The van der Waals surface area contributed by atoms with Crippen molar-refractivity contribution in [3.63, 3.8) is 0 Å². The van der Waals surface area contributed by atoms with Crippen molar-refractivity contribution in [1.82, 2.24) is 5.32 Å². The molecule has 1 N–H and O–H groups in total. The highest BCUT2D eigenvalue weighted by molar-refractivity contribution is 7.91. The predicted molar refractivity (Wildman–Crippen MR) is 97.3 cm³/mol. The minimum absolute atomic E-state index is 0.0807. The van der Waals surface area contributed by atoms with Gasteiger partial charge in [0.05, 0.1) is 9.79 Å². The van der Waals surface area contributed by atoms with E-state index in [0.717, 1.165) is 25.1 Å². The molecule has 0 spiro atoms. The summed E-state index contributed by atoms with van der Waals surface area (Å²) in [7, 11) is -3.67. The Labute approximate surface area is 153 Å². The molecule has 0 saturated carbocycles. The van der Waals surface area contributed by atoms with Gasteiger partial charge in [-0.2, -0.15) is 0 Å². The maximum atomic E-state index is 13.0. The first kappa shape index (κ1) is 17.0. The Bertz CT molecular complexity index is 978. The lowest BCUT2D eigenvalue weighted by Crippen LogP contribution is -2.39. The first-order chi connectivity index (χ1) is 12.6. The minimum atomic E-state index is -3.67. The van der Waals surface area contributed by atoms with Crippen molar-refractivity contribution in [3.8, 4) is 23.8 Å². The van der Waals surface area contributed by atoms with Gasteiger partial charge in [0.1, 0.15) is 24.2 Å². The lowest BCUT2D eigenvalue weighted by atomic mass is 9.90. The Morgan fingerprint density at radius 3 is 2.92 bits per heavy atom. The number of hydrogen-bond acceptors (Lipinski definition) is 5. The van der Waals surface area contributed by atoms with Crippen LogP contribution < -0.4 is 14.8 Å². The van der Waals surface area contributed by atoms with Crippen LogP contribution in [0.5, 0.6) is 11.5 Å². The molecule has 5 nitrogen and oxygen atoms in total. The topological polar surface area (TPSA) is 64.6 Å². The van der Waals surface area contributed by atoms with Crippen LogP contribution in [0.4, 0.5) is 0 Å². The number of ether oxygens (including phenoxy) is 2. The third-order valence-electron chi connectivity index (χ3n) is 4.84. The van der Waals surface area contributed by atoms with E-state index in [1.807, 2.05) is 6.07 Å². The predicted octanol–water partition coefficient (Wildman–Crippen LogP) is 2.37. The van der Waals surface area contributed by atoms with Gasteiger partial charge in [-0.15, -0.1) is 6.42 Å². The molecule has 0 bridgehead atoms. The van der Waals surface area contributed by atoms with Crippen LogP contribution in [0.1, 0.15) is 17.9 Å². The van der Waals surface area contributed by atoms with Gasteiger partial charge >= 0.3 is 0 Å². The maximum Gasteiger partial charge on any atom is 0.206 e. The lowest BCUT2D eigenvalue weighted by Gasteiger charge is -2.24. The maximum absolute atomic E-state index is 13.0. The van der Waals surface area contributed by atoms with Crippen LogP contribution in [0, 0.1) is 12.3 Å². The molecule has 1 fully saturated rings. The van der Waals surface area contributed by atoms with Crippen LogP contribution in [0.25, 0.3) is 0 Å². The molecule has 0 radical (unpaired) electrons. The average molecular weight is 369 g/mol. The molecule has 2 aromatic carbocycles. The molecular weight excluding hydrogens is 350 g/mol. The van der Waals surface area contributed by atoms with E-state index < -0.39 is 9.84 Å². The molecule has 0 aromatic heterocycles. The zero-order valence-corrected chi connectivity index (χ0v) is 15.0. The number of terminal acetylenes is 1. The van der Waals surface area contributed by atoms with Gasteiger partial charge in [-0.25, -0.2) is 8.42 Å². The lowest BCUT2D eigenvalue weighted by molar-refractivity contribution is 0.176. The highest BCUT2D eigenvalue weighted by Crippen LogP contribution is 2.42. The summed E-state index contributed by atoms with van der Waals surface area (Å²) in [6.07, 6.45) is 6.26. The molecule has 26 heavy (non-hydrogen) atoms. The van der Waals surface area contributed by atoms with Crippen molar-refractivity contribution < 1.29 is 17.9 Å². The highest BCUT2D eigenvalue weighted by atomic mass is 32.2. The first-order valence-corrected chi connectivity index (χ1v) is 10.0. The first-order valence-electron chi connectivity index (χ1n) is 8.52. The number of rotatable bonds is 4. The van der Waals surface area contributed by atoms with Crippen molar-refractivity contribution in [2.24, 2.45) is 0 Å². The van der Waals surface area contributed by atoms with Gasteiger partial charge in [-0.3, -0.25) is 0 Å². The third-order valence-corrected chi connectivity index (χ3v) is 6.59. The van der Waals surface area contributed by atoms with Crippen LogP contribution in [-0.4, -0.2) is 34.2 Å². The molecule has 4 rings (SSSR count). The molecule has 2 atom stereocenters. The zero-order chi connectivity index (χ0) is 18.1. The Morgan fingerprint density at radius 2 is 2.08 bits per heavy atom. The van der Waals surface area contributed by atoms with Crippen LogP contribution in [0.2, 0.25) is 0 Å². The van der Waals surface area contributed by atoms with E-state index in [4.69, 9.17) is 15.9 Å². The number of nitrogens with one attached hydrogen (secondary N) is 1. The normalized spacial score (nSPS) is 21.2. The molecule has 2 heterocycles. The number of hydrogen-bond donors (Lipinski definition) is 1. The summed E-state index contributed by atoms with van der Waals surface area (Å²) in [5.74, 6) is 3.80. The van der Waals surface area contributed by atoms with Crippen molar-refractivity contribution in [2.75, 3.05) is 19.7 Å². The van der Waals surface area contributed by atoms with E-state index in [9.17, 15) is 8.42 Å². The summed E-state index contributed by atoms with van der Waals surface area (Å²) < 4.78 is 37.3. The molecule has 2 aromatic rings.